The molecule has 0 aromatic carbocycles. The first-order valence-corrected chi connectivity index (χ1v) is 4.13. The first kappa shape index (κ1) is 9.00. The standard InChI is InChI=1S/C8H9ClN2O/c9-4-2-1-3-7-5-10-6-11-8(7)12/h1,3,5-6H,2,4H2,(H,10,11,12). The number of nitrogens with zero attached hydrogens (tertiary/aromatic N) is 1. The number of H-pyrrole nitrogens is 1. The van der Waals surface area contributed by atoms with E-state index in [9.17, 15) is 4.79 Å². The van der Waals surface area contributed by atoms with E-state index in [1.165, 1.54) is 12.5 Å². The van der Waals surface area contributed by atoms with Crippen molar-refractivity contribution in [3.63, 3.8) is 0 Å². The Labute approximate surface area is 75.1 Å². The Bertz CT molecular complexity index is 319. The van der Waals surface area contributed by atoms with E-state index in [2.05, 4.69) is 9.97 Å². The molecule has 1 heterocycles. The first-order chi connectivity index (χ1) is 5.84. The summed E-state index contributed by atoms with van der Waals surface area (Å²) >= 11 is 5.45. The lowest BCUT2D eigenvalue weighted by Gasteiger charge is -1.88. The number of aromatic nitrogens is 2. The largest absolute Gasteiger partial charge is 0.313 e. The van der Waals surface area contributed by atoms with Crippen LogP contribution in [0, 0.1) is 0 Å². The lowest BCUT2D eigenvalue weighted by molar-refractivity contribution is 1.11. The van der Waals surface area contributed by atoms with E-state index >= 15 is 0 Å². The number of alkyl halides is 1. The second-order valence-corrected chi connectivity index (χ2v) is 2.59. The molecule has 0 radical (unpaired) electrons. The van der Waals surface area contributed by atoms with Crippen LogP contribution in [-0.4, -0.2) is 15.8 Å². The van der Waals surface area contributed by atoms with Gasteiger partial charge in [0.05, 0.1) is 11.9 Å². The predicted octanol–water partition coefficient (Wildman–Crippen LogP) is 1.41. The van der Waals surface area contributed by atoms with Crippen molar-refractivity contribution in [1.82, 2.24) is 9.97 Å². The maximum Gasteiger partial charge on any atom is 0.257 e. The molecule has 0 unspecified atom stereocenters. The van der Waals surface area contributed by atoms with Gasteiger partial charge in [0.2, 0.25) is 0 Å². The van der Waals surface area contributed by atoms with Crippen molar-refractivity contribution < 1.29 is 0 Å². The SMILES string of the molecule is O=c1[nH]cncc1C=CCCCl. The van der Waals surface area contributed by atoms with E-state index in [-0.39, 0.29) is 5.56 Å². The molecule has 0 atom stereocenters. The summed E-state index contributed by atoms with van der Waals surface area (Å²) in [5.74, 6) is 0.564. The van der Waals surface area contributed by atoms with Crippen LogP contribution >= 0.6 is 11.6 Å². The average molecular weight is 185 g/mol. The Kier molecular flexibility index (Phi) is 3.54. The van der Waals surface area contributed by atoms with Crippen LogP contribution in [0.1, 0.15) is 12.0 Å². The Morgan fingerprint density at radius 3 is 3.17 bits per heavy atom. The van der Waals surface area contributed by atoms with Crippen molar-refractivity contribution in [3.8, 4) is 0 Å². The summed E-state index contributed by atoms with van der Waals surface area (Å²) in [7, 11) is 0. The molecule has 0 bridgehead atoms. The summed E-state index contributed by atoms with van der Waals surface area (Å²) in [6.45, 7) is 0. The monoisotopic (exact) mass is 184 g/mol. The number of rotatable bonds is 3. The second-order valence-electron chi connectivity index (χ2n) is 2.22. The average Bonchev–Trinajstić information content (AvgIpc) is 2.09. The van der Waals surface area contributed by atoms with Gasteiger partial charge in [-0.25, -0.2) is 4.98 Å². The number of nitrogens with one attached hydrogen (secondary N) is 1. The van der Waals surface area contributed by atoms with Gasteiger partial charge in [0.15, 0.2) is 0 Å². The minimum atomic E-state index is -0.129. The Morgan fingerprint density at radius 2 is 2.50 bits per heavy atom. The topological polar surface area (TPSA) is 45.8 Å². The normalized spacial score (nSPS) is 10.8. The molecule has 1 aromatic rings. The fraction of sp³-hybridized carbons (Fsp3) is 0.250. The minimum absolute atomic E-state index is 0.129. The van der Waals surface area contributed by atoms with Gasteiger partial charge in [-0.1, -0.05) is 12.2 Å². The zero-order valence-electron chi connectivity index (χ0n) is 6.46. The molecule has 1 rings (SSSR count). The van der Waals surface area contributed by atoms with Crippen molar-refractivity contribution in [2.45, 2.75) is 6.42 Å². The molecule has 0 aliphatic carbocycles. The third-order valence-electron chi connectivity index (χ3n) is 1.32. The van der Waals surface area contributed by atoms with Crippen molar-refractivity contribution in [2.75, 3.05) is 5.88 Å². The Balaban J connectivity index is 2.76. The molecule has 3 nitrogen and oxygen atoms in total. The van der Waals surface area contributed by atoms with Crippen LogP contribution in [0.15, 0.2) is 23.4 Å². The molecule has 0 spiro atoms. The molecule has 0 fully saturated rings. The smallest absolute Gasteiger partial charge is 0.257 e. The van der Waals surface area contributed by atoms with E-state index in [1.807, 2.05) is 6.08 Å². The second kappa shape index (κ2) is 4.72. The van der Waals surface area contributed by atoms with Crippen LogP contribution in [0.2, 0.25) is 0 Å². The van der Waals surface area contributed by atoms with E-state index in [0.717, 1.165) is 6.42 Å². The Hall–Kier alpha value is -1.09. The van der Waals surface area contributed by atoms with Gasteiger partial charge in [0.25, 0.3) is 5.56 Å². The summed E-state index contributed by atoms with van der Waals surface area (Å²) < 4.78 is 0. The van der Waals surface area contributed by atoms with Gasteiger partial charge in [0, 0.05) is 12.1 Å². The summed E-state index contributed by atoms with van der Waals surface area (Å²) in [6.07, 6.45) is 7.20. The van der Waals surface area contributed by atoms with Crippen LogP contribution < -0.4 is 5.56 Å². The van der Waals surface area contributed by atoms with Gasteiger partial charge >= 0.3 is 0 Å². The highest BCUT2D eigenvalue weighted by atomic mass is 35.5. The summed E-state index contributed by atoms with van der Waals surface area (Å²) in [4.78, 5) is 17.3. The molecule has 0 saturated heterocycles. The fourth-order valence-electron chi connectivity index (χ4n) is 0.747. The molecule has 0 saturated carbocycles. The Morgan fingerprint density at radius 1 is 1.67 bits per heavy atom. The van der Waals surface area contributed by atoms with Crippen molar-refractivity contribution in [1.29, 1.82) is 0 Å². The number of hydrogen-bond donors (Lipinski definition) is 1. The highest BCUT2D eigenvalue weighted by molar-refractivity contribution is 6.17. The molecule has 1 N–H and O–H groups in total. The van der Waals surface area contributed by atoms with E-state index < -0.39 is 0 Å². The molecule has 12 heavy (non-hydrogen) atoms. The minimum Gasteiger partial charge on any atom is -0.313 e. The van der Waals surface area contributed by atoms with Crippen LogP contribution in [0.25, 0.3) is 6.08 Å². The van der Waals surface area contributed by atoms with E-state index in [1.54, 1.807) is 6.08 Å². The highest BCUT2D eigenvalue weighted by Crippen LogP contribution is 1.93. The molecule has 0 aliphatic rings. The molecular formula is C8H9ClN2O. The molecule has 1 aromatic heterocycles. The summed E-state index contributed by atoms with van der Waals surface area (Å²) in [5, 5.41) is 0. The van der Waals surface area contributed by atoms with Gasteiger partial charge in [0.1, 0.15) is 0 Å². The first-order valence-electron chi connectivity index (χ1n) is 3.60. The summed E-state index contributed by atoms with van der Waals surface area (Å²) in [6, 6.07) is 0. The fourth-order valence-corrected chi connectivity index (χ4v) is 0.873. The van der Waals surface area contributed by atoms with Gasteiger partial charge in [-0.15, -0.1) is 11.6 Å². The number of hydrogen-bond acceptors (Lipinski definition) is 2. The van der Waals surface area contributed by atoms with Gasteiger partial charge in [-0.2, -0.15) is 0 Å². The number of aromatic amines is 1. The maximum atomic E-state index is 11.0. The number of allylic oxidation sites excluding steroid dienone is 1. The molecular weight excluding hydrogens is 176 g/mol. The van der Waals surface area contributed by atoms with Gasteiger partial charge in [-0.05, 0) is 6.42 Å². The molecule has 4 heteroatoms. The highest BCUT2D eigenvalue weighted by Gasteiger charge is 1.90. The lowest BCUT2D eigenvalue weighted by Crippen LogP contribution is -2.08. The number of halogens is 1. The summed E-state index contributed by atoms with van der Waals surface area (Å²) in [5.41, 5.74) is 0.429. The van der Waals surface area contributed by atoms with Crippen LogP contribution in [0.3, 0.4) is 0 Å². The molecule has 64 valence electrons. The van der Waals surface area contributed by atoms with Gasteiger partial charge in [-0.3, -0.25) is 4.79 Å². The van der Waals surface area contributed by atoms with E-state index in [0.29, 0.717) is 11.4 Å². The predicted molar refractivity (Wildman–Crippen MR) is 49.2 cm³/mol. The third-order valence-corrected chi connectivity index (χ3v) is 1.54. The van der Waals surface area contributed by atoms with E-state index in [4.69, 9.17) is 11.6 Å². The van der Waals surface area contributed by atoms with Crippen molar-refractivity contribution >= 4 is 17.7 Å². The quantitative estimate of drug-likeness (QED) is 0.723. The maximum absolute atomic E-state index is 11.0. The van der Waals surface area contributed by atoms with Crippen LogP contribution in [-0.2, 0) is 0 Å². The molecule has 0 aliphatic heterocycles. The van der Waals surface area contributed by atoms with Crippen molar-refractivity contribution in [2.24, 2.45) is 0 Å². The van der Waals surface area contributed by atoms with Crippen molar-refractivity contribution in [3.05, 3.63) is 34.5 Å². The van der Waals surface area contributed by atoms with Crippen LogP contribution in [0.4, 0.5) is 0 Å². The third kappa shape index (κ3) is 2.51. The zero-order valence-corrected chi connectivity index (χ0v) is 7.21. The zero-order chi connectivity index (χ0) is 8.81. The van der Waals surface area contributed by atoms with Gasteiger partial charge < -0.3 is 4.98 Å². The lowest BCUT2D eigenvalue weighted by atomic mass is 10.3. The molecule has 0 amide bonds. The van der Waals surface area contributed by atoms with Crippen LogP contribution in [0.5, 0.6) is 0 Å².